The summed E-state index contributed by atoms with van der Waals surface area (Å²) in [4.78, 5) is 0. The first-order chi connectivity index (χ1) is 14.0. The Morgan fingerprint density at radius 3 is 0.969 bits per heavy atom. The van der Waals surface area contributed by atoms with E-state index in [1.54, 1.807) is 0 Å². The van der Waals surface area contributed by atoms with Crippen molar-refractivity contribution in [2.24, 2.45) is 0 Å². The van der Waals surface area contributed by atoms with Crippen LogP contribution in [0.5, 0.6) is 0 Å². The van der Waals surface area contributed by atoms with Crippen LogP contribution in [0.25, 0.3) is 10.6 Å². The first kappa shape index (κ1) is 30.2. The number of hydrogen-bond acceptors (Lipinski definition) is 0. The summed E-state index contributed by atoms with van der Waals surface area (Å²) in [6.07, 6.45) is 0. The van der Waals surface area contributed by atoms with Crippen LogP contribution in [0.3, 0.4) is 0 Å². The van der Waals surface area contributed by atoms with Gasteiger partial charge in [0.05, 0.1) is 0 Å². The maximum atomic E-state index is 4.96. The normalized spacial score (nSPS) is 10.8. The van der Waals surface area contributed by atoms with Crippen LogP contribution in [-0.4, -0.2) is 0 Å². The fourth-order valence-electron chi connectivity index (χ4n) is 3.68. The molecule has 0 aliphatic rings. The Morgan fingerprint density at radius 1 is 0.562 bits per heavy atom. The van der Waals surface area contributed by atoms with Crippen LogP contribution < -0.4 is 0 Å². The van der Waals surface area contributed by atoms with Gasteiger partial charge in [0.25, 0.3) is 0 Å². The zero-order chi connectivity index (χ0) is 22.6. The number of hydrogen-bond donors (Lipinski definition) is 0. The summed E-state index contributed by atoms with van der Waals surface area (Å²) in [5.41, 5.74) is 8.23. The minimum absolute atomic E-state index is 0. The van der Waals surface area contributed by atoms with E-state index >= 15 is 0 Å². The monoisotopic (exact) mass is 465 g/mol. The number of rotatable bonds is 9. The molecule has 0 atom stereocenters. The first-order valence-corrected chi connectivity index (χ1v) is 11.1. The van der Waals surface area contributed by atoms with E-state index in [9.17, 15) is 0 Å². The van der Waals surface area contributed by atoms with Gasteiger partial charge in [-0.25, -0.2) is 0 Å². The van der Waals surface area contributed by atoms with Crippen molar-refractivity contribution in [1.82, 2.24) is 0 Å². The van der Waals surface area contributed by atoms with Gasteiger partial charge >= 0.3 is 21.7 Å². The van der Waals surface area contributed by atoms with Crippen LogP contribution in [0, 0.1) is 7.43 Å². The van der Waals surface area contributed by atoms with Crippen molar-refractivity contribution in [2.75, 3.05) is 0 Å². The van der Waals surface area contributed by atoms with Gasteiger partial charge in [-0.2, -0.15) is 11.4 Å². The fraction of sp³-hybridized carbons (Fsp3) is 0.414. The molecule has 0 spiro atoms. The van der Waals surface area contributed by atoms with E-state index in [1.807, 2.05) is 0 Å². The van der Waals surface area contributed by atoms with Crippen LogP contribution >= 0.6 is 0 Å². The van der Waals surface area contributed by atoms with E-state index in [1.165, 1.54) is 22.3 Å². The molecular formula is C29H41N2Ti. The maximum Gasteiger partial charge on any atom is 3.00 e. The zero-order valence-electron chi connectivity index (χ0n) is 21.6. The van der Waals surface area contributed by atoms with Gasteiger partial charge < -0.3 is 18.1 Å². The van der Waals surface area contributed by atoms with Crippen molar-refractivity contribution in [3.63, 3.8) is 0 Å². The van der Waals surface area contributed by atoms with Crippen LogP contribution in [0.4, 0.5) is 11.4 Å². The molecule has 2 nitrogen and oxygen atoms in total. The molecule has 0 unspecified atom stereocenters. The summed E-state index contributed by atoms with van der Waals surface area (Å²) in [6, 6.07) is 12.9. The quantitative estimate of drug-likeness (QED) is 0.200. The predicted molar refractivity (Wildman–Crippen MR) is 140 cm³/mol. The molecule has 0 heterocycles. The Balaban J connectivity index is 0.00000480. The number of para-hydroxylation sites is 2. The first-order valence-electron chi connectivity index (χ1n) is 11.1. The molecule has 171 valence electrons. The second-order valence-corrected chi connectivity index (χ2v) is 9.31. The Hall–Kier alpha value is -1.77. The molecule has 0 aromatic heterocycles. The molecule has 0 saturated carbocycles. The number of benzene rings is 2. The topological polar surface area (TPSA) is 28.2 Å². The van der Waals surface area contributed by atoms with E-state index in [0.29, 0.717) is 35.1 Å². The van der Waals surface area contributed by atoms with Crippen molar-refractivity contribution in [2.45, 2.75) is 79.1 Å². The second-order valence-electron chi connectivity index (χ2n) is 9.31. The van der Waals surface area contributed by atoms with E-state index in [2.05, 4.69) is 105 Å². The smallest absolute Gasteiger partial charge is 0.659 e. The average molecular weight is 466 g/mol. The molecule has 3 heteroatoms. The molecule has 2 aromatic rings. The van der Waals surface area contributed by atoms with Gasteiger partial charge in [0.15, 0.2) is 0 Å². The van der Waals surface area contributed by atoms with Crippen LogP contribution in [0.1, 0.15) is 101 Å². The summed E-state index contributed by atoms with van der Waals surface area (Å²) in [5.74, 6) is 1.54. The minimum atomic E-state index is 0. The molecule has 0 fully saturated rings. The molecule has 0 amide bonds. The van der Waals surface area contributed by atoms with Gasteiger partial charge in [-0.1, -0.05) is 114 Å². The summed E-state index contributed by atoms with van der Waals surface area (Å²) in [5, 5.41) is 9.92. The largest absolute Gasteiger partial charge is 3.00 e. The molecule has 32 heavy (non-hydrogen) atoms. The van der Waals surface area contributed by atoms with E-state index in [0.717, 1.165) is 11.4 Å². The van der Waals surface area contributed by atoms with Crippen LogP contribution in [0.2, 0.25) is 0 Å². The summed E-state index contributed by atoms with van der Waals surface area (Å²) < 4.78 is 0. The van der Waals surface area contributed by atoms with Gasteiger partial charge in [-0.3, -0.25) is 0 Å². The molecule has 0 aliphatic carbocycles. The predicted octanol–water partition coefficient (Wildman–Crippen LogP) is 10.4. The molecule has 0 N–H and O–H groups in total. The molecule has 0 saturated heterocycles. The zero-order valence-corrected chi connectivity index (χ0v) is 23.1. The summed E-state index contributed by atoms with van der Waals surface area (Å²) >= 11 is 0. The van der Waals surface area contributed by atoms with Crippen LogP contribution in [0.15, 0.2) is 61.0 Å². The SMILES string of the molecule is C=C([N-]c1c(C(C)C)cccc1C(C)C)C(=C)[N-]c1c(C(C)C)cccc1C(C)C.[CH3-].[Ti+3]. The third kappa shape index (κ3) is 7.12. The molecule has 1 radical (unpaired) electrons. The van der Waals surface area contributed by atoms with Crippen molar-refractivity contribution >= 4 is 11.4 Å². The van der Waals surface area contributed by atoms with Crippen molar-refractivity contribution in [1.29, 1.82) is 0 Å². The standard InChI is InChI=1S/C28H38N2.CH3.Ti/c1-17(2)23-13-11-14-24(18(3)4)27(23)29-21(9)22(10)30-28-25(19(5)6)15-12-16-26(28)20(7)8;;/h11-20H,9-10H2,1-8H3;1H3;/q-2;-1;+3. The van der Waals surface area contributed by atoms with Crippen LogP contribution in [-0.2, 0) is 21.7 Å². The second kappa shape index (κ2) is 13.1. The molecule has 2 rings (SSSR count). The Morgan fingerprint density at radius 2 is 0.781 bits per heavy atom. The molecular weight excluding hydrogens is 424 g/mol. The van der Waals surface area contributed by atoms with Crippen molar-refractivity contribution < 1.29 is 21.7 Å². The molecule has 2 aromatic carbocycles. The van der Waals surface area contributed by atoms with E-state index < -0.39 is 0 Å². The Bertz CT molecular complexity index is 779. The Labute approximate surface area is 212 Å². The minimum Gasteiger partial charge on any atom is -0.659 e. The van der Waals surface area contributed by atoms with E-state index in [-0.39, 0.29) is 29.1 Å². The Kier molecular flexibility index (Phi) is 12.3. The fourth-order valence-corrected chi connectivity index (χ4v) is 3.68. The third-order valence-electron chi connectivity index (χ3n) is 5.51. The third-order valence-corrected chi connectivity index (χ3v) is 5.51. The van der Waals surface area contributed by atoms with Gasteiger partial charge in [0.1, 0.15) is 0 Å². The van der Waals surface area contributed by atoms with Gasteiger partial charge in [0.2, 0.25) is 0 Å². The van der Waals surface area contributed by atoms with Crippen molar-refractivity contribution in [3.05, 3.63) is 101 Å². The van der Waals surface area contributed by atoms with Gasteiger partial charge in [-0.15, -0.1) is 24.5 Å². The molecule has 0 bridgehead atoms. The van der Waals surface area contributed by atoms with E-state index in [4.69, 9.17) is 10.6 Å². The van der Waals surface area contributed by atoms with Gasteiger partial charge in [-0.05, 0) is 23.7 Å². The summed E-state index contributed by atoms with van der Waals surface area (Å²) in [7, 11) is 0. The van der Waals surface area contributed by atoms with Crippen molar-refractivity contribution in [3.8, 4) is 0 Å². The van der Waals surface area contributed by atoms with Gasteiger partial charge in [0, 0.05) is 0 Å². The maximum absolute atomic E-state index is 4.96. The number of nitrogens with zero attached hydrogens (tertiary/aromatic N) is 2. The molecule has 0 aliphatic heterocycles. The average Bonchev–Trinajstić information content (AvgIpc) is 2.67. The summed E-state index contributed by atoms with van der Waals surface area (Å²) in [6.45, 7) is 26.1.